The Morgan fingerprint density at radius 2 is 2.03 bits per heavy atom. The average molecular weight is 555 g/mol. The van der Waals surface area contributed by atoms with Crippen molar-refractivity contribution in [2.24, 2.45) is 0 Å². The van der Waals surface area contributed by atoms with Crippen molar-refractivity contribution in [3.63, 3.8) is 0 Å². The number of halogens is 2. The summed E-state index contributed by atoms with van der Waals surface area (Å²) in [6.07, 6.45) is -0.483. The van der Waals surface area contributed by atoms with E-state index in [1.807, 2.05) is 0 Å². The van der Waals surface area contributed by atoms with Crippen molar-refractivity contribution in [1.29, 1.82) is 0 Å². The molecule has 4 rings (SSSR count). The molecule has 0 radical (unpaired) electrons. The van der Waals surface area contributed by atoms with Crippen molar-refractivity contribution < 1.29 is 23.1 Å². The Morgan fingerprint density at radius 3 is 2.74 bits per heavy atom. The van der Waals surface area contributed by atoms with E-state index in [4.69, 9.17) is 13.9 Å². The van der Waals surface area contributed by atoms with Crippen molar-refractivity contribution in [2.75, 3.05) is 31.5 Å². The molecule has 0 atom stereocenters. The number of benzene rings is 1. The van der Waals surface area contributed by atoms with E-state index in [0.29, 0.717) is 31.9 Å². The molecular weight excluding hydrogens is 531 g/mol. The first kappa shape index (κ1) is 24.8. The lowest BCUT2D eigenvalue weighted by atomic mass is 10.1. The van der Waals surface area contributed by atoms with Gasteiger partial charge >= 0.3 is 11.8 Å². The minimum absolute atomic E-state index is 0.0491. The summed E-state index contributed by atoms with van der Waals surface area (Å²) >= 11 is 3.10. The molecule has 0 bridgehead atoms. The Kier molecular flexibility index (Phi) is 7.18. The third kappa shape index (κ3) is 6.04. The zero-order valence-corrected chi connectivity index (χ0v) is 20.8. The van der Waals surface area contributed by atoms with Crippen molar-refractivity contribution >= 4 is 27.8 Å². The molecule has 0 aliphatic carbocycles. The van der Waals surface area contributed by atoms with Crippen LogP contribution in [-0.4, -0.2) is 69.0 Å². The summed E-state index contributed by atoms with van der Waals surface area (Å²) in [5.74, 6) is -0.943. The molecule has 15 heteroatoms. The quantitative estimate of drug-likeness (QED) is 0.350. The number of carbonyl (C=O) groups is 1. The van der Waals surface area contributed by atoms with Crippen LogP contribution in [0.3, 0.4) is 0 Å². The van der Waals surface area contributed by atoms with Gasteiger partial charge in [-0.25, -0.2) is 28.2 Å². The fourth-order valence-electron chi connectivity index (χ4n) is 3.29. The summed E-state index contributed by atoms with van der Waals surface area (Å²) in [6, 6.07) is 4.23. The monoisotopic (exact) mass is 554 g/mol. The van der Waals surface area contributed by atoms with Crippen LogP contribution in [0, 0.1) is 5.82 Å². The van der Waals surface area contributed by atoms with Crippen LogP contribution in [0.15, 0.2) is 36.6 Å². The molecule has 1 fully saturated rings. The lowest BCUT2D eigenvalue weighted by Gasteiger charge is -2.39. The van der Waals surface area contributed by atoms with Gasteiger partial charge in [0.2, 0.25) is 11.6 Å². The third-order valence-corrected chi connectivity index (χ3v) is 5.45. The van der Waals surface area contributed by atoms with Crippen LogP contribution >= 0.6 is 15.9 Å². The molecule has 0 unspecified atom stereocenters. The third-order valence-electron chi connectivity index (χ3n) is 4.85. The maximum Gasteiger partial charge on any atom is 0.446 e. The van der Waals surface area contributed by atoms with Gasteiger partial charge in [-0.1, -0.05) is 5.16 Å². The Hall–Kier alpha value is -3.30. The van der Waals surface area contributed by atoms with Gasteiger partial charge in [-0.05, 0) is 65.2 Å². The lowest BCUT2D eigenvalue weighted by Crippen LogP contribution is -2.64. The van der Waals surface area contributed by atoms with Crippen molar-refractivity contribution in [1.82, 2.24) is 35.8 Å². The van der Waals surface area contributed by atoms with E-state index in [1.165, 1.54) is 18.2 Å². The van der Waals surface area contributed by atoms with Crippen molar-refractivity contribution in [2.45, 2.75) is 32.4 Å². The molecule has 0 saturated carbocycles. The van der Waals surface area contributed by atoms with Crippen LogP contribution in [0.2, 0.25) is 0 Å². The number of nitrogens with one attached hydrogen (secondary N) is 3. The maximum atomic E-state index is 13.6. The number of amides is 1. The summed E-state index contributed by atoms with van der Waals surface area (Å²) in [7, 11) is 0. The molecule has 3 N–H and O–H groups in total. The van der Waals surface area contributed by atoms with E-state index in [-0.39, 0.29) is 27.9 Å². The minimum atomic E-state index is -0.774. The Morgan fingerprint density at radius 1 is 1.26 bits per heavy atom. The summed E-state index contributed by atoms with van der Waals surface area (Å²) in [5, 5.41) is 19.6. The van der Waals surface area contributed by atoms with Crippen LogP contribution in [0.4, 0.5) is 15.0 Å². The van der Waals surface area contributed by atoms with E-state index in [0.717, 1.165) is 4.57 Å². The van der Waals surface area contributed by atoms with Gasteiger partial charge in [0.1, 0.15) is 11.4 Å². The summed E-state index contributed by atoms with van der Waals surface area (Å²) in [5.41, 5.74) is 2.62. The number of hydrogen-bond donors (Lipinski definition) is 3. The topological polar surface area (TPSA) is 153 Å². The average Bonchev–Trinajstić information content (AvgIpc) is 3.35. The molecule has 13 nitrogen and oxygen atoms in total. The number of nitrogens with zero attached hydrogens (tertiary/aromatic N) is 5. The highest BCUT2D eigenvalue weighted by Crippen LogP contribution is 2.26. The highest BCUT2D eigenvalue weighted by Gasteiger charge is 2.29. The molecule has 1 aliphatic rings. The number of carbonyl (C=O) groups excluding carboxylic acids is 1. The number of aromatic nitrogens is 4. The SMILES string of the molecule is CC(C)(C)OC(=O)NN1CC(NCCNc2nonc2-c2noc(=O)n2-c2ccc(F)c(Br)c2)C1. The smallest absolute Gasteiger partial charge is 0.443 e. The number of hydrazine groups is 1. The first-order valence-corrected chi connectivity index (χ1v) is 11.5. The van der Waals surface area contributed by atoms with E-state index in [1.54, 1.807) is 25.8 Å². The Bertz CT molecular complexity index is 1250. The molecule has 1 aromatic carbocycles. The van der Waals surface area contributed by atoms with Gasteiger partial charge in [0.25, 0.3) is 0 Å². The van der Waals surface area contributed by atoms with Gasteiger partial charge in [0, 0.05) is 32.2 Å². The van der Waals surface area contributed by atoms with Crippen LogP contribution < -0.4 is 21.8 Å². The maximum absolute atomic E-state index is 13.6. The summed E-state index contributed by atoms with van der Waals surface area (Å²) < 4.78 is 29.8. The van der Waals surface area contributed by atoms with Crippen LogP contribution in [0.5, 0.6) is 0 Å². The molecule has 1 amide bonds. The summed E-state index contributed by atoms with van der Waals surface area (Å²) in [4.78, 5) is 24.0. The van der Waals surface area contributed by atoms with E-state index in [9.17, 15) is 14.0 Å². The van der Waals surface area contributed by atoms with Gasteiger partial charge in [-0.3, -0.25) is 9.95 Å². The normalized spacial score (nSPS) is 14.5. The molecule has 1 saturated heterocycles. The minimum Gasteiger partial charge on any atom is -0.443 e. The zero-order valence-electron chi connectivity index (χ0n) is 19.2. The van der Waals surface area contributed by atoms with Gasteiger partial charge in [-0.2, -0.15) is 0 Å². The first-order chi connectivity index (χ1) is 16.6. The fourth-order valence-corrected chi connectivity index (χ4v) is 3.66. The number of anilines is 1. The van der Waals surface area contributed by atoms with Crippen molar-refractivity contribution in [3.8, 4) is 17.2 Å². The Labute approximate surface area is 207 Å². The largest absolute Gasteiger partial charge is 0.446 e. The van der Waals surface area contributed by atoms with E-state index < -0.39 is 23.3 Å². The number of ether oxygens (including phenoxy) is 1. The highest BCUT2D eigenvalue weighted by molar-refractivity contribution is 9.10. The van der Waals surface area contributed by atoms with E-state index in [2.05, 4.69) is 47.5 Å². The molecule has 0 spiro atoms. The van der Waals surface area contributed by atoms with Gasteiger partial charge in [0.15, 0.2) is 5.69 Å². The molecule has 1 aliphatic heterocycles. The van der Waals surface area contributed by atoms with Crippen LogP contribution in [-0.2, 0) is 4.74 Å². The molecule has 3 aromatic rings. The zero-order chi connectivity index (χ0) is 25.2. The molecule has 3 heterocycles. The van der Waals surface area contributed by atoms with E-state index >= 15 is 0 Å². The predicted molar refractivity (Wildman–Crippen MR) is 124 cm³/mol. The standard InChI is InChI=1S/C20H24BrFN8O5/c1-20(2,3)33-18(31)25-29-9-11(10-29)23-6-7-24-16-15(26-35-27-16)17-28-34-19(32)30(17)12-4-5-14(22)13(21)8-12/h4-5,8,11,23H,6-7,9-10H2,1-3H3,(H,24,27)(H,25,31). The molecular formula is C20H24BrFN8O5. The highest BCUT2D eigenvalue weighted by atomic mass is 79.9. The first-order valence-electron chi connectivity index (χ1n) is 10.7. The molecule has 2 aromatic heterocycles. The van der Waals surface area contributed by atoms with Crippen molar-refractivity contribution in [3.05, 3.63) is 39.0 Å². The second kappa shape index (κ2) is 10.1. The predicted octanol–water partition coefficient (Wildman–Crippen LogP) is 1.90. The molecule has 188 valence electrons. The number of hydrogen-bond acceptors (Lipinski definition) is 11. The molecule has 35 heavy (non-hydrogen) atoms. The summed E-state index contributed by atoms with van der Waals surface area (Å²) in [6.45, 7) is 7.72. The van der Waals surface area contributed by atoms with Gasteiger partial charge < -0.3 is 15.4 Å². The second-order valence-electron chi connectivity index (χ2n) is 8.76. The van der Waals surface area contributed by atoms with Gasteiger partial charge in [0.05, 0.1) is 10.2 Å². The number of rotatable bonds is 8. The van der Waals surface area contributed by atoms with Gasteiger partial charge in [-0.15, -0.1) is 0 Å². The van der Waals surface area contributed by atoms with Crippen LogP contribution in [0.1, 0.15) is 20.8 Å². The second-order valence-corrected chi connectivity index (χ2v) is 9.62. The lowest BCUT2D eigenvalue weighted by molar-refractivity contribution is 0.0116. The fraction of sp³-hybridized carbons (Fsp3) is 0.450. The van der Waals surface area contributed by atoms with Crippen LogP contribution in [0.25, 0.3) is 17.2 Å². The Balaban J connectivity index is 1.29.